The van der Waals surface area contributed by atoms with Crippen LogP contribution in [-0.2, 0) is 13.0 Å². The number of piperazine rings is 1. The van der Waals surface area contributed by atoms with Crippen LogP contribution in [0.2, 0.25) is 5.02 Å². The van der Waals surface area contributed by atoms with E-state index in [9.17, 15) is 0 Å². The molecule has 0 unspecified atom stereocenters. The van der Waals surface area contributed by atoms with Crippen LogP contribution in [0.5, 0.6) is 0 Å². The molecule has 0 bridgehead atoms. The summed E-state index contributed by atoms with van der Waals surface area (Å²) in [6.07, 6.45) is 0.997. The van der Waals surface area contributed by atoms with E-state index in [2.05, 4.69) is 46.3 Å². The van der Waals surface area contributed by atoms with Crippen molar-refractivity contribution in [1.82, 2.24) is 9.80 Å². The number of thiocarbonyl (C=S) groups is 1. The molecule has 0 saturated carbocycles. The normalized spacial score (nSPS) is 15.2. The fourth-order valence-electron chi connectivity index (χ4n) is 3.12. The lowest BCUT2D eigenvalue weighted by atomic mass is 10.1. The van der Waals surface area contributed by atoms with E-state index < -0.39 is 0 Å². The third-order valence-corrected chi connectivity index (χ3v) is 5.38. The molecule has 5 heteroatoms. The van der Waals surface area contributed by atoms with Gasteiger partial charge in [-0.05, 0) is 41.9 Å². The van der Waals surface area contributed by atoms with E-state index in [1.807, 2.05) is 24.3 Å². The molecule has 0 spiro atoms. The lowest BCUT2D eigenvalue weighted by Gasteiger charge is -2.36. The summed E-state index contributed by atoms with van der Waals surface area (Å²) in [6, 6.07) is 16.4. The van der Waals surface area contributed by atoms with Crippen molar-refractivity contribution in [2.75, 3.05) is 31.5 Å². The Labute approximate surface area is 160 Å². The fourth-order valence-corrected chi connectivity index (χ4v) is 3.61. The highest BCUT2D eigenvalue weighted by atomic mass is 35.5. The SMILES string of the molecule is CCc1ccccc1NC(=S)N1CCN(Cc2ccccc2Cl)CC1. The molecule has 0 radical (unpaired) electrons. The van der Waals surface area contributed by atoms with Crippen LogP contribution in [-0.4, -0.2) is 41.1 Å². The molecule has 0 atom stereocenters. The predicted molar refractivity (Wildman–Crippen MR) is 110 cm³/mol. The van der Waals surface area contributed by atoms with Crippen LogP contribution < -0.4 is 5.32 Å². The number of aryl methyl sites for hydroxylation is 1. The van der Waals surface area contributed by atoms with Crippen molar-refractivity contribution in [3.05, 3.63) is 64.7 Å². The number of nitrogens with one attached hydrogen (secondary N) is 1. The number of rotatable bonds is 4. The Kier molecular flexibility index (Phi) is 6.29. The Morgan fingerprint density at radius 3 is 2.32 bits per heavy atom. The van der Waals surface area contributed by atoms with Crippen molar-refractivity contribution in [1.29, 1.82) is 0 Å². The first-order chi connectivity index (χ1) is 12.2. The summed E-state index contributed by atoms with van der Waals surface area (Å²) < 4.78 is 0. The van der Waals surface area contributed by atoms with E-state index in [1.54, 1.807) is 0 Å². The van der Waals surface area contributed by atoms with Crippen molar-refractivity contribution in [3.63, 3.8) is 0 Å². The maximum Gasteiger partial charge on any atom is 0.173 e. The van der Waals surface area contributed by atoms with E-state index in [1.165, 1.54) is 11.1 Å². The quantitative estimate of drug-likeness (QED) is 0.799. The Morgan fingerprint density at radius 1 is 1.00 bits per heavy atom. The summed E-state index contributed by atoms with van der Waals surface area (Å²) in [7, 11) is 0. The number of hydrogen-bond donors (Lipinski definition) is 1. The highest BCUT2D eigenvalue weighted by Crippen LogP contribution is 2.19. The second-order valence-electron chi connectivity index (χ2n) is 6.30. The number of nitrogens with zero attached hydrogens (tertiary/aromatic N) is 2. The maximum atomic E-state index is 6.27. The first kappa shape index (κ1) is 18.2. The minimum atomic E-state index is 0.818. The van der Waals surface area contributed by atoms with Gasteiger partial charge in [0.1, 0.15) is 0 Å². The topological polar surface area (TPSA) is 18.5 Å². The van der Waals surface area contributed by atoms with E-state index in [0.29, 0.717) is 0 Å². The fraction of sp³-hybridized carbons (Fsp3) is 0.350. The van der Waals surface area contributed by atoms with Gasteiger partial charge in [0.15, 0.2) is 5.11 Å². The average molecular weight is 374 g/mol. The molecule has 1 aliphatic rings. The van der Waals surface area contributed by atoms with Crippen molar-refractivity contribution in [2.24, 2.45) is 0 Å². The molecular weight excluding hydrogens is 350 g/mol. The third kappa shape index (κ3) is 4.72. The van der Waals surface area contributed by atoms with Gasteiger partial charge >= 0.3 is 0 Å². The zero-order valence-corrected chi connectivity index (χ0v) is 16.1. The smallest absolute Gasteiger partial charge is 0.173 e. The van der Waals surface area contributed by atoms with E-state index in [-0.39, 0.29) is 0 Å². The van der Waals surface area contributed by atoms with Gasteiger partial charge in [0.05, 0.1) is 0 Å². The van der Waals surface area contributed by atoms with Gasteiger partial charge in [0.25, 0.3) is 0 Å². The first-order valence-electron chi connectivity index (χ1n) is 8.77. The Balaban J connectivity index is 1.53. The Morgan fingerprint density at radius 2 is 1.64 bits per heavy atom. The first-order valence-corrected chi connectivity index (χ1v) is 9.55. The molecule has 25 heavy (non-hydrogen) atoms. The number of hydrogen-bond acceptors (Lipinski definition) is 2. The van der Waals surface area contributed by atoms with E-state index in [4.69, 9.17) is 23.8 Å². The Hall–Kier alpha value is -1.62. The lowest BCUT2D eigenvalue weighted by molar-refractivity contribution is 0.177. The number of benzene rings is 2. The maximum absolute atomic E-state index is 6.27. The molecule has 2 aromatic rings. The van der Waals surface area contributed by atoms with Gasteiger partial charge in [-0.25, -0.2) is 0 Å². The molecule has 1 N–H and O–H groups in total. The van der Waals surface area contributed by atoms with Crippen LogP contribution in [0.3, 0.4) is 0 Å². The van der Waals surface area contributed by atoms with Gasteiger partial charge < -0.3 is 10.2 Å². The van der Waals surface area contributed by atoms with Gasteiger partial charge in [-0.3, -0.25) is 4.90 Å². The van der Waals surface area contributed by atoms with Crippen molar-refractivity contribution in [3.8, 4) is 0 Å². The van der Waals surface area contributed by atoms with Gasteiger partial charge in [-0.2, -0.15) is 0 Å². The molecule has 1 fully saturated rings. The second kappa shape index (κ2) is 8.65. The minimum absolute atomic E-state index is 0.818. The molecule has 3 rings (SSSR count). The van der Waals surface area contributed by atoms with Crippen LogP contribution in [0, 0.1) is 0 Å². The molecule has 1 saturated heterocycles. The van der Waals surface area contributed by atoms with Crippen LogP contribution in [0.4, 0.5) is 5.69 Å². The zero-order chi connectivity index (χ0) is 17.6. The average Bonchev–Trinajstić information content (AvgIpc) is 2.64. The van der Waals surface area contributed by atoms with Gasteiger partial charge in [-0.1, -0.05) is 54.9 Å². The number of anilines is 1. The molecule has 1 heterocycles. The van der Waals surface area contributed by atoms with Crippen molar-refractivity contribution < 1.29 is 0 Å². The van der Waals surface area contributed by atoms with E-state index >= 15 is 0 Å². The summed E-state index contributed by atoms with van der Waals surface area (Å²) >= 11 is 11.9. The number of para-hydroxylation sites is 1. The molecule has 3 nitrogen and oxygen atoms in total. The van der Waals surface area contributed by atoms with Crippen LogP contribution >= 0.6 is 23.8 Å². The van der Waals surface area contributed by atoms with Crippen LogP contribution in [0.1, 0.15) is 18.1 Å². The van der Waals surface area contributed by atoms with Crippen molar-refractivity contribution in [2.45, 2.75) is 19.9 Å². The molecule has 132 valence electrons. The predicted octanol–water partition coefficient (Wildman–Crippen LogP) is 4.42. The highest BCUT2D eigenvalue weighted by Gasteiger charge is 2.20. The molecule has 0 amide bonds. The van der Waals surface area contributed by atoms with Crippen LogP contribution in [0.15, 0.2) is 48.5 Å². The van der Waals surface area contributed by atoms with E-state index in [0.717, 1.165) is 55.0 Å². The molecule has 1 aliphatic heterocycles. The van der Waals surface area contributed by atoms with Gasteiger partial charge in [0.2, 0.25) is 0 Å². The molecule has 0 aliphatic carbocycles. The third-order valence-electron chi connectivity index (χ3n) is 4.65. The van der Waals surface area contributed by atoms with Gasteiger partial charge in [-0.15, -0.1) is 0 Å². The minimum Gasteiger partial charge on any atom is -0.346 e. The molecule has 0 aromatic heterocycles. The zero-order valence-electron chi connectivity index (χ0n) is 14.5. The molecular formula is C20H24ClN3S. The monoisotopic (exact) mass is 373 g/mol. The Bertz CT molecular complexity index is 726. The van der Waals surface area contributed by atoms with Gasteiger partial charge in [0, 0.05) is 43.4 Å². The van der Waals surface area contributed by atoms with Crippen LogP contribution in [0.25, 0.3) is 0 Å². The summed E-state index contributed by atoms with van der Waals surface area (Å²) in [5, 5.41) is 5.09. The summed E-state index contributed by atoms with van der Waals surface area (Å²) in [5.41, 5.74) is 3.60. The van der Waals surface area contributed by atoms with Crippen molar-refractivity contribution >= 4 is 34.6 Å². The summed E-state index contributed by atoms with van der Waals surface area (Å²) in [5.74, 6) is 0. The summed E-state index contributed by atoms with van der Waals surface area (Å²) in [6.45, 7) is 6.91. The molecule has 2 aromatic carbocycles. The lowest BCUT2D eigenvalue weighted by Crippen LogP contribution is -2.49. The summed E-state index contributed by atoms with van der Waals surface area (Å²) in [4.78, 5) is 4.69. The highest BCUT2D eigenvalue weighted by molar-refractivity contribution is 7.80. The standard InChI is InChI=1S/C20H24ClN3S/c1-2-16-7-4-6-10-19(16)22-20(25)24-13-11-23(12-14-24)15-17-8-3-5-9-18(17)21/h3-10H,2,11-15H2,1H3,(H,22,25). The largest absolute Gasteiger partial charge is 0.346 e. The number of halogens is 1. The second-order valence-corrected chi connectivity index (χ2v) is 7.09.